The molecule has 0 aliphatic carbocycles. The Morgan fingerprint density at radius 2 is 1.64 bits per heavy atom. The highest BCUT2D eigenvalue weighted by Crippen LogP contribution is 2.28. The second kappa shape index (κ2) is 4.63. The van der Waals surface area contributed by atoms with E-state index in [4.69, 9.17) is 0 Å². The molecule has 0 bridgehead atoms. The maximum atomic E-state index is 2.35. The van der Waals surface area contributed by atoms with Gasteiger partial charge in [0.05, 0.1) is 0 Å². The van der Waals surface area contributed by atoms with E-state index in [0.717, 1.165) is 5.92 Å². The van der Waals surface area contributed by atoms with E-state index in [2.05, 4.69) is 58.0 Å². The Bertz CT molecular complexity index is 253. The first-order chi connectivity index (χ1) is 6.50. The van der Waals surface area contributed by atoms with Crippen molar-refractivity contribution in [3.05, 3.63) is 35.9 Å². The molecule has 0 heteroatoms. The summed E-state index contributed by atoms with van der Waals surface area (Å²) in [6.45, 7) is 9.32. The zero-order valence-corrected chi connectivity index (χ0v) is 9.88. The molecule has 0 amide bonds. The summed E-state index contributed by atoms with van der Waals surface area (Å²) in [5, 5.41) is 0. The van der Waals surface area contributed by atoms with Gasteiger partial charge in [0.15, 0.2) is 0 Å². The quantitative estimate of drug-likeness (QED) is 0.666. The zero-order chi connectivity index (χ0) is 10.6. The van der Waals surface area contributed by atoms with Crippen LogP contribution >= 0.6 is 0 Å². The van der Waals surface area contributed by atoms with E-state index in [-0.39, 0.29) is 0 Å². The van der Waals surface area contributed by atoms with Gasteiger partial charge in [0.25, 0.3) is 0 Å². The smallest absolute Gasteiger partial charge is 0.0276 e. The van der Waals surface area contributed by atoms with Crippen molar-refractivity contribution in [2.45, 2.75) is 40.5 Å². The van der Waals surface area contributed by atoms with Crippen molar-refractivity contribution < 1.29 is 0 Å². The van der Waals surface area contributed by atoms with Crippen LogP contribution in [0, 0.1) is 11.3 Å². The Balaban J connectivity index is 2.42. The maximum absolute atomic E-state index is 2.35. The summed E-state index contributed by atoms with van der Waals surface area (Å²) in [6, 6.07) is 10.8. The lowest BCUT2D eigenvalue weighted by Gasteiger charge is -2.27. The van der Waals surface area contributed by atoms with Gasteiger partial charge in [0.2, 0.25) is 0 Å². The highest BCUT2D eigenvalue weighted by atomic mass is 14.2. The molecule has 0 aliphatic heterocycles. The van der Waals surface area contributed by atoms with E-state index in [1.165, 1.54) is 18.4 Å². The molecule has 78 valence electrons. The lowest BCUT2D eigenvalue weighted by atomic mass is 9.79. The molecule has 1 rings (SSSR count). The van der Waals surface area contributed by atoms with Gasteiger partial charge in [-0.05, 0) is 29.7 Å². The first-order valence-corrected chi connectivity index (χ1v) is 5.54. The Kier molecular flexibility index (Phi) is 3.74. The molecule has 0 aromatic heterocycles. The predicted molar refractivity (Wildman–Crippen MR) is 63.4 cm³/mol. The number of rotatable bonds is 3. The Morgan fingerprint density at radius 3 is 2.14 bits per heavy atom. The molecule has 0 heterocycles. The molecule has 0 nitrogen and oxygen atoms in total. The van der Waals surface area contributed by atoms with E-state index in [0.29, 0.717) is 5.41 Å². The van der Waals surface area contributed by atoms with Crippen molar-refractivity contribution >= 4 is 0 Å². The second-order valence-corrected chi connectivity index (χ2v) is 5.29. The third kappa shape index (κ3) is 3.53. The van der Waals surface area contributed by atoms with Crippen molar-refractivity contribution in [3.63, 3.8) is 0 Å². The highest BCUT2D eigenvalue weighted by molar-refractivity contribution is 5.14. The van der Waals surface area contributed by atoms with Crippen molar-refractivity contribution in [2.75, 3.05) is 0 Å². The van der Waals surface area contributed by atoms with Gasteiger partial charge in [0.1, 0.15) is 0 Å². The molecular weight excluding hydrogens is 168 g/mol. The first kappa shape index (κ1) is 11.3. The van der Waals surface area contributed by atoms with Gasteiger partial charge in [-0.2, -0.15) is 0 Å². The molecule has 1 unspecified atom stereocenters. The summed E-state index contributed by atoms with van der Waals surface area (Å²) in [5.41, 5.74) is 1.90. The van der Waals surface area contributed by atoms with Gasteiger partial charge < -0.3 is 0 Å². The normalized spacial score (nSPS) is 14.0. The van der Waals surface area contributed by atoms with E-state index >= 15 is 0 Å². The van der Waals surface area contributed by atoms with Crippen molar-refractivity contribution in [2.24, 2.45) is 11.3 Å². The monoisotopic (exact) mass is 190 g/mol. The molecule has 0 saturated carbocycles. The minimum Gasteiger partial charge on any atom is -0.0622 e. The van der Waals surface area contributed by atoms with Gasteiger partial charge in [-0.3, -0.25) is 0 Å². The summed E-state index contributed by atoms with van der Waals surface area (Å²) in [5.74, 6) is 0.780. The first-order valence-electron chi connectivity index (χ1n) is 5.54. The molecule has 1 atom stereocenters. The van der Waals surface area contributed by atoms with Crippen LogP contribution in [0.15, 0.2) is 30.3 Å². The third-order valence-electron chi connectivity index (χ3n) is 3.19. The van der Waals surface area contributed by atoms with Gasteiger partial charge in [-0.15, -0.1) is 0 Å². The molecule has 0 N–H and O–H groups in total. The molecule has 0 radical (unpaired) electrons. The summed E-state index contributed by atoms with van der Waals surface area (Å²) in [7, 11) is 0. The molecule has 1 aromatic carbocycles. The van der Waals surface area contributed by atoms with Crippen molar-refractivity contribution in [1.29, 1.82) is 0 Å². The number of benzene rings is 1. The second-order valence-electron chi connectivity index (χ2n) is 5.29. The van der Waals surface area contributed by atoms with Crippen LogP contribution in [-0.2, 0) is 6.42 Å². The number of hydrogen-bond donors (Lipinski definition) is 0. The molecule has 0 spiro atoms. The molecule has 1 aromatic rings. The topological polar surface area (TPSA) is 0 Å². The standard InChI is InChI=1S/C14H22/c1-12(14(2,3)4)10-11-13-8-6-5-7-9-13/h5-9,12H,10-11H2,1-4H3. The van der Waals surface area contributed by atoms with Crippen LogP contribution in [0.4, 0.5) is 0 Å². The molecule has 14 heavy (non-hydrogen) atoms. The fraction of sp³-hybridized carbons (Fsp3) is 0.571. The Labute approximate surface area is 88.4 Å². The molecular formula is C14H22. The third-order valence-corrected chi connectivity index (χ3v) is 3.19. The minimum atomic E-state index is 0.439. The number of aryl methyl sites for hydroxylation is 1. The fourth-order valence-corrected chi connectivity index (χ4v) is 1.46. The average molecular weight is 190 g/mol. The largest absolute Gasteiger partial charge is 0.0622 e. The van der Waals surface area contributed by atoms with Crippen LogP contribution in [0.2, 0.25) is 0 Å². The maximum Gasteiger partial charge on any atom is -0.0276 e. The van der Waals surface area contributed by atoms with Crippen LogP contribution in [0.3, 0.4) is 0 Å². The highest BCUT2D eigenvalue weighted by Gasteiger charge is 2.19. The summed E-state index contributed by atoms with van der Waals surface area (Å²) in [4.78, 5) is 0. The molecule has 0 aliphatic rings. The van der Waals surface area contributed by atoms with Gasteiger partial charge in [0, 0.05) is 0 Å². The lowest BCUT2D eigenvalue weighted by Crippen LogP contribution is -2.17. The SMILES string of the molecule is CC(CCc1ccccc1)C(C)(C)C. The van der Waals surface area contributed by atoms with Gasteiger partial charge >= 0.3 is 0 Å². The van der Waals surface area contributed by atoms with Crippen molar-refractivity contribution in [3.8, 4) is 0 Å². The number of hydrogen-bond acceptors (Lipinski definition) is 0. The average Bonchev–Trinajstić information content (AvgIpc) is 2.14. The van der Waals surface area contributed by atoms with E-state index in [9.17, 15) is 0 Å². The van der Waals surface area contributed by atoms with Crippen molar-refractivity contribution in [1.82, 2.24) is 0 Å². The Hall–Kier alpha value is -0.780. The minimum absolute atomic E-state index is 0.439. The van der Waals surface area contributed by atoms with E-state index in [1.54, 1.807) is 0 Å². The van der Waals surface area contributed by atoms with Gasteiger partial charge in [-0.1, -0.05) is 58.0 Å². The molecule has 0 fully saturated rings. The van der Waals surface area contributed by atoms with Crippen LogP contribution in [-0.4, -0.2) is 0 Å². The molecule has 0 saturated heterocycles. The zero-order valence-electron chi connectivity index (χ0n) is 9.88. The van der Waals surface area contributed by atoms with Crippen LogP contribution in [0.1, 0.15) is 39.7 Å². The van der Waals surface area contributed by atoms with Crippen LogP contribution in [0.25, 0.3) is 0 Å². The van der Waals surface area contributed by atoms with Gasteiger partial charge in [-0.25, -0.2) is 0 Å². The Morgan fingerprint density at radius 1 is 1.07 bits per heavy atom. The van der Waals surface area contributed by atoms with Crippen LogP contribution < -0.4 is 0 Å². The van der Waals surface area contributed by atoms with E-state index in [1.807, 2.05) is 0 Å². The summed E-state index contributed by atoms with van der Waals surface area (Å²) < 4.78 is 0. The summed E-state index contributed by atoms with van der Waals surface area (Å²) >= 11 is 0. The fourth-order valence-electron chi connectivity index (χ4n) is 1.46. The summed E-state index contributed by atoms with van der Waals surface area (Å²) in [6.07, 6.45) is 2.49. The van der Waals surface area contributed by atoms with Crippen LogP contribution in [0.5, 0.6) is 0 Å². The lowest BCUT2D eigenvalue weighted by molar-refractivity contribution is 0.247. The van der Waals surface area contributed by atoms with E-state index < -0.39 is 0 Å². The predicted octanol–water partition coefficient (Wildman–Crippen LogP) is 4.30.